The molecular weight excluding hydrogens is 372 g/mol. The Morgan fingerprint density at radius 3 is 2.23 bits per heavy atom. The number of carbonyl (C=O) groups is 2. The number of hydrogen-bond donors (Lipinski definition) is 1. The quantitative estimate of drug-likeness (QED) is 0.631. The van der Waals surface area contributed by atoms with E-state index in [-0.39, 0.29) is 11.8 Å². The van der Waals surface area contributed by atoms with Gasteiger partial charge in [-0.2, -0.15) is 0 Å². The summed E-state index contributed by atoms with van der Waals surface area (Å²) < 4.78 is 0. The zero-order valence-electron chi connectivity index (χ0n) is 17.0. The van der Waals surface area contributed by atoms with E-state index < -0.39 is 0 Å². The van der Waals surface area contributed by atoms with Crippen LogP contribution in [0.5, 0.6) is 0 Å². The van der Waals surface area contributed by atoms with E-state index in [1.807, 2.05) is 35.2 Å². The van der Waals surface area contributed by atoms with Crippen molar-refractivity contribution in [3.8, 4) is 0 Å². The molecule has 0 bridgehead atoms. The van der Waals surface area contributed by atoms with Crippen molar-refractivity contribution in [2.45, 2.75) is 25.8 Å². The van der Waals surface area contributed by atoms with Gasteiger partial charge in [0.15, 0.2) is 0 Å². The van der Waals surface area contributed by atoms with Gasteiger partial charge in [-0.25, -0.2) is 0 Å². The first-order valence-corrected chi connectivity index (χ1v) is 10.5. The van der Waals surface area contributed by atoms with E-state index in [0.29, 0.717) is 24.2 Å². The molecule has 152 valence electrons. The Kier molecular flexibility index (Phi) is 6.23. The van der Waals surface area contributed by atoms with Gasteiger partial charge in [0.1, 0.15) is 0 Å². The van der Waals surface area contributed by atoms with Gasteiger partial charge in [-0.1, -0.05) is 54.6 Å². The summed E-state index contributed by atoms with van der Waals surface area (Å²) in [6.07, 6.45) is 2.71. The molecular formula is C26H26N2O2. The third kappa shape index (κ3) is 4.77. The summed E-state index contributed by atoms with van der Waals surface area (Å²) >= 11 is 0. The molecule has 0 atom stereocenters. The van der Waals surface area contributed by atoms with Crippen molar-refractivity contribution in [3.63, 3.8) is 0 Å². The Morgan fingerprint density at radius 2 is 1.47 bits per heavy atom. The lowest BCUT2D eigenvalue weighted by Gasteiger charge is -2.29. The smallest absolute Gasteiger partial charge is 0.254 e. The van der Waals surface area contributed by atoms with Gasteiger partial charge in [0.25, 0.3) is 11.8 Å². The van der Waals surface area contributed by atoms with E-state index >= 15 is 0 Å². The van der Waals surface area contributed by atoms with Crippen LogP contribution in [0, 0.1) is 0 Å². The van der Waals surface area contributed by atoms with Crippen molar-refractivity contribution in [2.75, 3.05) is 13.1 Å². The molecule has 1 aliphatic rings. The number of hydrogen-bond acceptors (Lipinski definition) is 2. The molecule has 0 radical (unpaired) electrons. The fourth-order valence-electron chi connectivity index (χ4n) is 3.86. The van der Waals surface area contributed by atoms with E-state index in [4.69, 9.17) is 0 Å². The topological polar surface area (TPSA) is 49.4 Å². The van der Waals surface area contributed by atoms with Gasteiger partial charge in [0, 0.05) is 30.8 Å². The van der Waals surface area contributed by atoms with Crippen LogP contribution in [0.15, 0.2) is 78.9 Å². The molecule has 0 unspecified atom stereocenters. The predicted octanol–water partition coefficient (Wildman–Crippen LogP) is 4.25. The third-order valence-electron chi connectivity index (χ3n) is 5.58. The van der Waals surface area contributed by atoms with Gasteiger partial charge >= 0.3 is 0 Å². The van der Waals surface area contributed by atoms with Crippen LogP contribution in [0.1, 0.15) is 43.8 Å². The molecule has 2 amide bonds. The van der Waals surface area contributed by atoms with Gasteiger partial charge in [0.05, 0.1) is 0 Å². The number of nitrogens with zero attached hydrogens (tertiary/aromatic N) is 1. The van der Waals surface area contributed by atoms with Crippen molar-refractivity contribution in [1.29, 1.82) is 0 Å². The molecule has 4 rings (SSSR count). The lowest BCUT2D eigenvalue weighted by Crippen LogP contribution is -2.36. The molecule has 0 aliphatic carbocycles. The van der Waals surface area contributed by atoms with Gasteiger partial charge in [-0.3, -0.25) is 9.59 Å². The van der Waals surface area contributed by atoms with Gasteiger partial charge in [0.2, 0.25) is 0 Å². The van der Waals surface area contributed by atoms with Crippen molar-refractivity contribution in [3.05, 3.63) is 107 Å². The van der Waals surface area contributed by atoms with Crippen molar-refractivity contribution in [1.82, 2.24) is 10.2 Å². The number of amides is 2. The number of benzene rings is 3. The molecule has 3 aromatic carbocycles. The maximum Gasteiger partial charge on any atom is 0.254 e. The number of rotatable bonds is 6. The SMILES string of the molecule is O=C(NCCCc1ccccc1)c1ccc(C(=O)N2CCc3ccccc3C2)cc1. The molecule has 30 heavy (non-hydrogen) atoms. The van der Waals surface area contributed by atoms with Crippen LogP contribution in [0.4, 0.5) is 0 Å². The van der Waals surface area contributed by atoms with E-state index in [0.717, 1.165) is 25.8 Å². The van der Waals surface area contributed by atoms with Crippen molar-refractivity contribution >= 4 is 11.8 Å². The number of carbonyl (C=O) groups excluding carboxylic acids is 2. The highest BCUT2D eigenvalue weighted by Crippen LogP contribution is 2.20. The molecule has 0 saturated heterocycles. The van der Waals surface area contributed by atoms with Crippen LogP contribution < -0.4 is 5.32 Å². The average Bonchev–Trinajstić information content (AvgIpc) is 2.81. The van der Waals surface area contributed by atoms with Crippen molar-refractivity contribution < 1.29 is 9.59 Å². The van der Waals surface area contributed by atoms with Crippen LogP contribution in [0.2, 0.25) is 0 Å². The lowest BCUT2D eigenvalue weighted by molar-refractivity contribution is 0.0734. The van der Waals surface area contributed by atoms with Crippen LogP contribution in [0.25, 0.3) is 0 Å². The molecule has 0 spiro atoms. The van der Waals surface area contributed by atoms with E-state index in [1.54, 1.807) is 24.3 Å². The Hall–Kier alpha value is -3.40. The minimum atomic E-state index is -0.103. The van der Waals surface area contributed by atoms with Crippen LogP contribution >= 0.6 is 0 Å². The summed E-state index contributed by atoms with van der Waals surface area (Å²) in [7, 11) is 0. The summed E-state index contributed by atoms with van der Waals surface area (Å²) in [6.45, 7) is 1.99. The maximum absolute atomic E-state index is 12.9. The Bertz CT molecular complexity index is 1010. The molecule has 0 aromatic heterocycles. The Labute approximate surface area is 177 Å². The van der Waals surface area contributed by atoms with Gasteiger partial charge in [-0.15, -0.1) is 0 Å². The summed E-state index contributed by atoms with van der Waals surface area (Å²) in [6, 6.07) is 25.5. The number of nitrogens with one attached hydrogen (secondary N) is 1. The number of fused-ring (bicyclic) bond motifs is 1. The zero-order chi connectivity index (χ0) is 20.8. The van der Waals surface area contributed by atoms with Crippen LogP contribution in [-0.4, -0.2) is 29.8 Å². The second-order valence-corrected chi connectivity index (χ2v) is 7.67. The summed E-state index contributed by atoms with van der Waals surface area (Å²) in [5, 5.41) is 2.96. The largest absolute Gasteiger partial charge is 0.352 e. The standard InChI is InChI=1S/C26H26N2O2/c29-25(27-17-6-9-20-7-2-1-3-8-20)22-12-14-23(15-13-22)26(30)28-18-16-21-10-4-5-11-24(21)19-28/h1-5,7-8,10-15H,6,9,16-19H2,(H,27,29). The van der Waals surface area contributed by atoms with Crippen LogP contribution in [0.3, 0.4) is 0 Å². The Balaban J connectivity index is 1.29. The highest BCUT2D eigenvalue weighted by molar-refractivity contribution is 5.97. The summed E-state index contributed by atoms with van der Waals surface area (Å²) in [5.74, 6) is -0.0896. The molecule has 0 saturated carbocycles. The minimum Gasteiger partial charge on any atom is -0.352 e. The molecule has 3 aromatic rings. The normalized spacial score (nSPS) is 12.9. The van der Waals surface area contributed by atoms with Gasteiger partial charge < -0.3 is 10.2 Å². The highest BCUT2D eigenvalue weighted by Gasteiger charge is 2.21. The predicted molar refractivity (Wildman–Crippen MR) is 118 cm³/mol. The Morgan fingerprint density at radius 1 is 0.800 bits per heavy atom. The number of aryl methyl sites for hydroxylation is 1. The molecule has 0 fully saturated rings. The summed E-state index contributed by atoms with van der Waals surface area (Å²) in [5.41, 5.74) is 5.00. The zero-order valence-corrected chi connectivity index (χ0v) is 17.0. The maximum atomic E-state index is 12.9. The van der Waals surface area contributed by atoms with E-state index in [2.05, 4.69) is 29.6 Å². The second kappa shape index (κ2) is 9.40. The minimum absolute atomic E-state index is 0.0133. The fourth-order valence-corrected chi connectivity index (χ4v) is 3.86. The molecule has 1 N–H and O–H groups in total. The molecule has 1 heterocycles. The first kappa shape index (κ1) is 19.9. The fraction of sp³-hybridized carbons (Fsp3) is 0.231. The molecule has 4 nitrogen and oxygen atoms in total. The first-order chi connectivity index (χ1) is 14.7. The first-order valence-electron chi connectivity index (χ1n) is 10.5. The second-order valence-electron chi connectivity index (χ2n) is 7.67. The summed E-state index contributed by atoms with van der Waals surface area (Å²) in [4.78, 5) is 27.1. The average molecular weight is 399 g/mol. The molecule has 4 heteroatoms. The lowest BCUT2D eigenvalue weighted by atomic mass is 9.99. The highest BCUT2D eigenvalue weighted by atomic mass is 16.2. The monoisotopic (exact) mass is 398 g/mol. The third-order valence-corrected chi connectivity index (χ3v) is 5.58. The van der Waals surface area contributed by atoms with Crippen LogP contribution in [-0.2, 0) is 19.4 Å². The van der Waals surface area contributed by atoms with E-state index in [1.165, 1.54) is 16.7 Å². The molecule has 1 aliphatic heterocycles. The van der Waals surface area contributed by atoms with Crippen molar-refractivity contribution in [2.24, 2.45) is 0 Å². The van der Waals surface area contributed by atoms with Gasteiger partial charge in [-0.05, 0) is 60.2 Å². The van der Waals surface area contributed by atoms with E-state index in [9.17, 15) is 9.59 Å².